The van der Waals surface area contributed by atoms with Crippen molar-refractivity contribution in [3.63, 3.8) is 0 Å². The second-order valence-corrected chi connectivity index (χ2v) is 5.63. The molecule has 1 N–H and O–H groups in total. The summed E-state index contributed by atoms with van der Waals surface area (Å²) in [4.78, 5) is 12.7. The molecule has 0 atom stereocenters. The van der Waals surface area contributed by atoms with Gasteiger partial charge in [0, 0.05) is 5.69 Å². The van der Waals surface area contributed by atoms with Crippen LogP contribution in [0.1, 0.15) is 30.4 Å². The normalized spacial score (nSPS) is 16.2. The maximum absolute atomic E-state index is 12.7. The molecule has 2 nitrogen and oxygen atoms in total. The molecule has 1 amide bonds. The number of carbonyl (C=O) groups excluding carboxylic acids is 1. The number of aryl methyl sites for hydroxylation is 1. The molecular formula is C18H19NO. The summed E-state index contributed by atoms with van der Waals surface area (Å²) in [6.07, 6.45) is 3.00. The number of benzene rings is 2. The first-order valence-corrected chi connectivity index (χ1v) is 7.14. The van der Waals surface area contributed by atoms with E-state index in [0.29, 0.717) is 0 Å². The minimum Gasteiger partial charge on any atom is -0.325 e. The van der Waals surface area contributed by atoms with Crippen molar-refractivity contribution in [3.8, 4) is 0 Å². The second kappa shape index (κ2) is 5.12. The van der Waals surface area contributed by atoms with Gasteiger partial charge >= 0.3 is 0 Å². The number of para-hydroxylation sites is 1. The molecule has 0 radical (unpaired) electrons. The van der Waals surface area contributed by atoms with Crippen molar-refractivity contribution in [1.29, 1.82) is 0 Å². The molecule has 2 heteroatoms. The Labute approximate surface area is 119 Å². The van der Waals surface area contributed by atoms with Crippen LogP contribution in [0.25, 0.3) is 0 Å². The van der Waals surface area contributed by atoms with Crippen molar-refractivity contribution in [2.45, 2.75) is 31.6 Å². The summed E-state index contributed by atoms with van der Waals surface area (Å²) in [5, 5.41) is 3.06. The fraction of sp³-hybridized carbons (Fsp3) is 0.278. The van der Waals surface area contributed by atoms with Crippen LogP contribution >= 0.6 is 0 Å². The van der Waals surface area contributed by atoms with E-state index >= 15 is 0 Å². The first kappa shape index (κ1) is 12.9. The average Bonchev–Trinajstić information content (AvgIpc) is 2.38. The largest absolute Gasteiger partial charge is 0.325 e. The molecule has 2 aromatic carbocycles. The van der Waals surface area contributed by atoms with Crippen LogP contribution in [0.3, 0.4) is 0 Å². The van der Waals surface area contributed by atoms with Crippen LogP contribution in [0.15, 0.2) is 54.6 Å². The van der Waals surface area contributed by atoms with Gasteiger partial charge in [-0.05, 0) is 37.5 Å². The Morgan fingerprint density at radius 2 is 1.80 bits per heavy atom. The molecule has 0 aromatic heterocycles. The molecule has 3 rings (SSSR count). The number of carbonyl (C=O) groups is 1. The molecular weight excluding hydrogens is 246 g/mol. The lowest BCUT2D eigenvalue weighted by Crippen LogP contribution is -2.46. The standard InChI is InChI=1S/C18H19NO/c1-14-7-5-8-15(13-14)18(11-6-12-18)17(20)19-16-9-3-2-4-10-16/h2-5,7-10,13H,6,11-12H2,1H3,(H,19,20). The molecule has 0 unspecified atom stereocenters. The SMILES string of the molecule is Cc1cccc(C2(C(=O)Nc3ccccc3)CCC2)c1. The second-order valence-electron chi connectivity index (χ2n) is 5.63. The molecule has 0 spiro atoms. The number of rotatable bonds is 3. The molecule has 102 valence electrons. The lowest BCUT2D eigenvalue weighted by Gasteiger charge is -2.40. The van der Waals surface area contributed by atoms with Gasteiger partial charge in [-0.2, -0.15) is 0 Å². The van der Waals surface area contributed by atoms with Gasteiger partial charge in [0.15, 0.2) is 0 Å². The van der Waals surface area contributed by atoms with Gasteiger partial charge in [-0.1, -0.05) is 54.4 Å². The van der Waals surface area contributed by atoms with Crippen molar-refractivity contribution in [2.75, 3.05) is 5.32 Å². The summed E-state index contributed by atoms with van der Waals surface area (Å²) >= 11 is 0. The van der Waals surface area contributed by atoms with Crippen LogP contribution in [0.2, 0.25) is 0 Å². The van der Waals surface area contributed by atoms with Gasteiger partial charge in [-0.25, -0.2) is 0 Å². The summed E-state index contributed by atoms with van der Waals surface area (Å²) in [6, 6.07) is 18.0. The smallest absolute Gasteiger partial charge is 0.235 e. The van der Waals surface area contributed by atoms with Crippen molar-refractivity contribution in [3.05, 3.63) is 65.7 Å². The van der Waals surface area contributed by atoms with E-state index < -0.39 is 0 Å². The molecule has 0 saturated heterocycles. The first-order chi connectivity index (χ1) is 9.71. The third-order valence-electron chi connectivity index (χ3n) is 4.24. The van der Waals surface area contributed by atoms with Crippen LogP contribution in [0.5, 0.6) is 0 Å². The van der Waals surface area contributed by atoms with E-state index in [1.165, 1.54) is 5.56 Å². The van der Waals surface area contributed by atoms with E-state index in [4.69, 9.17) is 0 Å². The van der Waals surface area contributed by atoms with E-state index in [-0.39, 0.29) is 11.3 Å². The highest BCUT2D eigenvalue weighted by Crippen LogP contribution is 2.44. The van der Waals surface area contributed by atoms with Crippen LogP contribution in [-0.2, 0) is 10.2 Å². The maximum Gasteiger partial charge on any atom is 0.235 e. The fourth-order valence-corrected chi connectivity index (χ4v) is 2.89. The number of anilines is 1. The van der Waals surface area contributed by atoms with E-state index in [9.17, 15) is 4.79 Å². The number of hydrogen-bond acceptors (Lipinski definition) is 1. The average molecular weight is 265 g/mol. The Hall–Kier alpha value is -2.09. The lowest BCUT2D eigenvalue weighted by molar-refractivity contribution is -0.124. The third kappa shape index (κ3) is 2.22. The molecule has 1 saturated carbocycles. The molecule has 0 heterocycles. The fourth-order valence-electron chi connectivity index (χ4n) is 2.89. The van der Waals surface area contributed by atoms with Gasteiger partial charge in [0.05, 0.1) is 5.41 Å². The molecule has 1 fully saturated rings. The Morgan fingerprint density at radius 3 is 2.40 bits per heavy atom. The summed E-state index contributed by atoms with van der Waals surface area (Å²) in [7, 11) is 0. The van der Waals surface area contributed by atoms with Crippen molar-refractivity contribution in [2.24, 2.45) is 0 Å². The van der Waals surface area contributed by atoms with Crippen molar-refractivity contribution < 1.29 is 4.79 Å². The monoisotopic (exact) mass is 265 g/mol. The summed E-state index contributed by atoms with van der Waals surface area (Å²) < 4.78 is 0. The molecule has 0 aliphatic heterocycles. The molecule has 20 heavy (non-hydrogen) atoms. The van der Waals surface area contributed by atoms with E-state index in [2.05, 4.69) is 30.4 Å². The van der Waals surface area contributed by atoms with Gasteiger partial charge in [-0.3, -0.25) is 4.79 Å². The van der Waals surface area contributed by atoms with Crippen LogP contribution < -0.4 is 5.32 Å². The van der Waals surface area contributed by atoms with Crippen LogP contribution in [0, 0.1) is 6.92 Å². The summed E-state index contributed by atoms with van der Waals surface area (Å²) in [5.41, 5.74) is 2.90. The van der Waals surface area contributed by atoms with E-state index in [1.807, 2.05) is 36.4 Å². The highest BCUT2D eigenvalue weighted by atomic mass is 16.2. The summed E-state index contributed by atoms with van der Waals surface area (Å²) in [5.74, 6) is 0.126. The molecule has 0 bridgehead atoms. The number of nitrogens with one attached hydrogen (secondary N) is 1. The minimum absolute atomic E-state index is 0.126. The number of hydrogen-bond donors (Lipinski definition) is 1. The first-order valence-electron chi connectivity index (χ1n) is 7.14. The van der Waals surface area contributed by atoms with Gasteiger partial charge in [0.1, 0.15) is 0 Å². The van der Waals surface area contributed by atoms with Crippen molar-refractivity contribution in [1.82, 2.24) is 0 Å². The predicted molar refractivity (Wildman–Crippen MR) is 81.8 cm³/mol. The van der Waals surface area contributed by atoms with Crippen molar-refractivity contribution >= 4 is 11.6 Å². The van der Waals surface area contributed by atoms with Gasteiger partial charge in [0.25, 0.3) is 0 Å². The molecule has 1 aliphatic carbocycles. The zero-order valence-electron chi connectivity index (χ0n) is 11.7. The van der Waals surface area contributed by atoms with E-state index in [1.54, 1.807) is 0 Å². The third-order valence-corrected chi connectivity index (χ3v) is 4.24. The Bertz CT molecular complexity index is 614. The predicted octanol–water partition coefficient (Wildman–Crippen LogP) is 4.06. The molecule has 1 aliphatic rings. The Kier molecular flexibility index (Phi) is 3.31. The molecule has 2 aromatic rings. The van der Waals surface area contributed by atoms with Crippen LogP contribution in [-0.4, -0.2) is 5.91 Å². The zero-order valence-corrected chi connectivity index (χ0v) is 11.7. The van der Waals surface area contributed by atoms with Gasteiger partial charge in [0.2, 0.25) is 5.91 Å². The summed E-state index contributed by atoms with van der Waals surface area (Å²) in [6.45, 7) is 2.07. The topological polar surface area (TPSA) is 29.1 Å². The van der Waals surface area contributed by atoms with Crippen LogP contribution in [0.4, 0.5) is 5.69 Å². The minimum atomic E-state index is -0.331. The Balaban J connectivity index is 1.87. The quantitative estimate of drug-likeness (QED) is 0.891. The Morgan fingerprint density at radius 1 is 1.05 bits per heavy atom. The highest BCUT2D eigenvalue weighted by Gasteiger charge is 2.45. The maximum atomic E-state index is 12.7. The zero-order chi connectivity index (χ0) is 14.0. The van der Waals surface area contributed by atoms with Gasteiger partial charge in [-0.15, -0.1) is 0 Å². The lowest BCUT2D eigenvalue weighted by atomic mass is 9.63. The number of amides is 1. The highest BCUT2D eigenvalue weighted by molar-refractivity contribution is 5.99. The van der Waals surface area contributed by atoms with Gasteiger partial charge < -0.3 is 5.32 Å². The van der Waals surface area contributed by atoms with E-state index in [0.717, 1.165) is 30.5 Å².